The van der Waals surface area contributed by atoms with Gasteiger partial charge >= 0.3 is 13.6 Å². The van der Waals surface area contributed by atoms with E-state index in [2.05, 4.69) is 20.5 Å². The largest absolute Gasteiger partial charge is 0.481 e. The number of unbranched alkanes of at least 4 members (excludes halogenated alkanes) is 1. The first-order valence-electron chi connectivity index (χ1n) is 14.1. The number of anilines is 2. The second kappa shape index (κ2) is 14.9. The summed E-state index contributed by atoms with van der Waals surface area (Å²) in [7, 11) is -4.68. The second-order valence-electron chi connectivity index (χ2n) is 10.4. The van der Waals surface area contributed by atoms with E-state index in [-0.39, 0.29) is 12.1 Å². The van der Waals surface area contributed by atoms with Gasteiger partial charge in [-0.2, -0.15) is 0 Å². The molecule has 3 aromatic rings. The van der Waals surface area contributed by atoms with E-state index in [1.807, 2.05) is 60.7 Å². The third kappa shape index (κ3) is 10.0. The lowest BCUT2D eigenvalue weighted by molar-refractivity contribution is -0.137. The Kier molecular flexibility index (Phi) is 11.0. The van der Waals surface area contributed by atoms with Crippen molar-refractivity contribution in [3.63, 3.8) is 0 Å². The molecule has 1 atom stereocenters. The predicted octanol–water partition coefficient (Wildman–Crippen LogP) is 3.17. The lowest BCUT2D eigenvalue weighted by Crippen LogP contribution is -2.56. The number of aromatic nitrogens is 1. The smallest absolute Gasteiger partial charge is 0.328 e. The highest BCUT2D eigenvalue weighted by Crippen LogP contribution is 2.35. The Bertz CT molecular complexity index is 1440. The molecule has 1 fully saturated rings. The molecular formula is C30H36N5O7P. The first-order chi connectivity index (χ1) is 20.6. The van der Waals surface area contributed by atoms with Crippen LogP contribution in [0.3, 0.4) is 0 Å². The van der Waals surface area contributed by atoms with E-state index in [0.717, 1.165) is 11.3 Å². The first kappa shape index (κ1) is 31.8. The summed E-state index contributed by atoms with van der Waals surface area (Å²) in [5.41, 5.74) is 2.60. The number of benzene rings is 2. The summed E-state index contributed by atoms with van der Waals surface area (Å²) in [6, 6.07) is 20.5. The normalized spacial score (nSPS) is 14.6. The highest BCUT2D eigenvalue weighted by atomic mass is 31.2. The average molecular weight is 610 g/mol. The molecule has 0 aliphatic carbocycles. The SMILES string of the molecule is O=C(O)CCCCN1CCN(C(=O)[C@H](CP(=O)(O)O)NC(=O)c2cc(Nc3ccccc3)cc(-c3ccccc3)n2)CC1. The summed E-state index contributed by atoms with van der Waals surface area (Å²) in [6.45, 7) is 2.40. The van der Waals surface area contributed by atoms with Crippen LogP contribution in [0.4, 0.5) is 11.4 Å². The molecule has 0 unspecified atom stereocenters. The number of amides is 2. The van der Waals surface area contributed by atoms with E-state index in [0.29, 0.717) is 56.9 Å². The third-order valence-corrected chi connectivity index (χ3v) is 7.85. The molecule has 1 aliphatic rings. The molecule has 228 valence electrons. The molecule has 1 aromatic heterocycles. The van der Waals surface area contributed by atoms with Crippen LogP contribution in [0.5, 0.6) is 0 Å². The second-order valence-corrected chi connectivity index (χ2v) is 12.1. The van der Waals surface area contributed by atoms with Crippen molar-refractivity contribution in [2.24, 2.45) is 0 Å². The Labute approximate surface area is 249 Å². The molecule has 2 amide bonds. The molecule has 1 aliphatic heterocycles. The maximum atomic E-state index is 13.5. The number of hydrogen-bond donors (Lipinski definition) is 5. The van der Waals surface area contributed by atoms with E-state index in [4.69, 9.17) is 5.11 Å². The number of nitrogens with one attached hydrogen (secondary N) is 2. The van der Waals surface area contributed by atoms with Crippen LogP contribution >= 0.6 is 7.60 Å². The zero-order chi connectivity index (χ0) is 30.8. The zero-order valence-corrected chi connectivity index (χ0v) is 24.5. The van der Waals surface area contributed by atoms with Gasteiger partial charge in [-0.1, -0.05) is 48.5 Å². The topological polar surface area (TPSA) is 172 Å². The van der Waals surface area contributed by atoms with Crippen molar-refractivity contribution in [1.82, 2.24) is 20.1 Å². The summed E-state index contributed by atoms with van der Waals surface area (Å²) in [5.74, 6) is -2.15. The standard InChI is InChI=1S/C30H36N5O7P/c36-28(37)13-7-8-14-34-15-17-35(18-16-34)30(39)27(21-43(40,41)42)33-29(38)26-20-24(31-23-11-5-2-6-12-23)19-25(32-26)22-9-3-1-4-10-22/h1-6,9-12,19-20,27H,7-8,13-18,21H2,(H,31,32)(H,33,38)(H,36,37)(H2,40,41,42)/t27-/m0/s1. The van der Waals surface area contributed by atoms with Crippen LogP contribution in [0.1, 0.15) is 29.8 Å². The Morgan fingerprint density at radius 3 is 2.16 bits per heavy atom. The molecule has 0 saturated carbocycles. The Hall–Kier alpha value is -4.09. The van der Waals surface area contributed by atoms with Crippen LogP contribution in [-0.4, -0.2) is 92.4 Å². The van der Waals surface area contributed by atoms with Crippen LogP contribution in [0.2, 0.25) is 0 Å². The minimum Gasteiger partial charge on any atom is -0.481 e. The van der Waals surface area contributed by atoms with Gasteiger partial charge in [0.1, 0.15) is 11.7 Å². The van der Waals surface area contributed by atoms with Gasteiger partial charge in [0.05, 0.1) is 11.9 Å². The van der Waals surface area contributed by atoms with Gasteiger partial charge in [0.15, 0.2) is 0 Å². The summed E-state index contributed by atoms with van der Waals surface area (Å²) < 4.78 is 12.0. The molecular weight excluding hydrogens is 573 g/mol. The number of aliphatic carboxylic acids is 1. The van der Waals surface area contributed by atoms with Crippen molar-refractivity contribution in [2.45, 2.75) is 25.3 Å². The molecule has 5 N–H and O–H groups in total. The minimum absolute atomic E-state index is 0.0190. The molecule has 2 aromatic carbocycles. The molecule has 13 heteroatoms. The maximum Gasteiger partial charge on any atom is 0.328 e. The number of nitrogens with zero attached hydrogens (tertiary/aromatic N) is 3. The molecule has 2 heterocycles. The molecule has 0 radical (unpaired) electrons. The van der Waals surface area contributed by atoms with E-state index in [1.54, 1.807) is 6.07 Å². The summed E-state index contributed by atoms with van der Waals surface area (Å²) in [4.78, 5) is 65.2. The molecule has 0 spiro atoms. The maximum absolute atomic E-state index is 13.5. The van der Waals surface area contributed by atoms with Crippen molar-refractivity contribution >= 4 is 36.8 Å². The van der Waals surface area contributed by atoms with E-state index in [1.165, 1.54) is 11.0 Å². The van der Waals surface area contributed by atoms with Crippen LogP contribution < -0.4 is 10.6 Å². The monoisotopic (exact) mass is 609 g/mol. The number of para-hydroxylation sites is 1. The van der Waals surface area contributed by atoms with Crippen LogP contribution in [0.15, 0.2) is 72.8 Å². The number of rotatable bonds is 13. The number of hydrogen-bond acceptors (Lipinski definition) is 7. The van der Waals surface area contributed by atoms with Gasteiger partial charge in [0, 0.05) is 49.5 Å². The number of carboxylic acids is 1. The van der Waals surface area contributed by atoms with Gasteiger partial charge < -0.3 is 30.4 Å². The van der Waals surface area contributed by atoms with Gasteiger partial charge in [0.2, 0.25) is 5.91 Å². The van der Waals surface area contributed by atoms with Gasteiger partial charge in [0.25, 0.3) is 5.91 Å². The van der Waals surface area contributed by atoms with Gasteiger partial charge in [-0.05, 0) is 43.7 Å². The van der Waals surface area contributed by atoms with E-state index in [9.17, 15) is 28.7 Å². The van der Waals surface area contributed by atoms with Crippen molar-refractivity contribution in [1.29, 1.82) is 0 Å². The lowest BCUT2D eigenvalue weighted by atomic mass is 10.1. The number of piperazine rings is 1. The van der Waals surface area contributed by atoms with Crippen LogP contribution in [-0.2, 0) is 14.2 Å². The first-order valence-corrected chi connectivity index (χ1v) is 15.8. The van der Waals surface area contributed by atoms with Gasteiger partial charge in [-0.25, -0.2) is 4.98 Å². The zero-order valence-electron chi connectivity index (χ0n) is 23.6. The average Bonchev–Trinajstić information content (AvgIpc) is 2.99. The minimum atomic E-state index is -4.68. The predicted molar refractivity (Wildman–Crippen MR) is 162 cm³/mol. The molecule has 1 saturated heterocycles. The number of pyridine rings is 1. The van der Waals surface area contributed by atoms with E-state index < -0.39 is 37.6 Å². The number of carbonyl (C=O) groups excluding carboxylic acids is 2. The molecule has 12 nitrogen and oxygen atoms in total. The van der Waals surface area contributed by atoms with Gasteiger partial charge in [-0.15, -0.1) is 0 Å². The highest BCUT2D eigenvalue weighted by Gasteiger charge is 2.34. The Morgan fingerprint density at radius 2 is 1.53 bits per heavy atom. The summed E-state index contributed by atoms with van der Waals surface area (Å²) in [6.07, 6.45) is 0.538. The number of carbonyl (C=O) groups is 3. The number of carboxylic acid groups (broad SMARTS) is 1. The van der Waals surface area contributed by atoms with Crippen molar-refractivity contribution < 1.29 is 33.8 Å². The Balaban J connectivity index is 1.49. The Morgan fingerprint density at radius 1 is 0.884 bits per heavy atom. The van der Waals surface area contributed by atoms with Crippen molar-refractivity contribution in [3.8, 4) is 11.3 Å². The molecule has 43 heavy (non-hydrogen) atoms. The molecule has 4 rings (SSSR count). The highest BCUT2D eigenvalue weighted by molar-refractivity contribution is 7.51. The van der Waals surface area contributed by atoms with Crippen LogP contribution in [0, 0.1) is 0 Å². The van der Waals surface area contributed by atoms with Gasteiger partial charge in [-0.3, -0.25) is 23.8 Å². The fraction of sp³-hybridized carbons (Fsp3) is 0.333. The van der Waals surface area contributed by atoms with E-state index >= 15 is 0 Å². The lowest BCUT2D eigenvalue weighted by Gasteiger charge is -2.36. The summed E-state index contributed by atoms with van der Waals surface area (Å²) >= 11 is 0. The summed E-state index contributed by atoms with van der Waals surface area (Å²) in [5, 5.41) is 14.6. The third-order valence-electron chi connectivity index (χ3n) is 7.01. The van der Waals surface area contributed by atoms with Crippen molar-refractivity contribution in [3.05, 3.63) is 78.5 Å². The quantitative estimate of drug-likeness (QED) is 0.143. The van der Waals surface area contributed by atoms with Crippen molar-refractivity contribution in [2.75, 3.05) is 44.2 Å². The molecule has 0 bridgehead atoms. The fourth-order valence-corrected chi connectivity index (χ4v) is 5.57. The fourth-order valence-electron chi connectivity index (χ4n) is 4.84. The van der Waals surface area contributed by atoms with Crippen LogP contribution in [0.25, 0.3) is 11.3 Å².